The van der Waals surface area contributed by atoms with Crippen molar-refractivity contribution in [2.45, 2.75) is 44.1 Å². The van der Waals surface area contributed by atoms with Crippen molar-refractivity contribution in [3.8, 4) is 0 Å². The molecule has 1 unspecified atom stereocenters. The predicted octanol–water partition coefficient (Wildman–Crippen LogP) is 3.00. The fourth-order valence-corrected chi connectivity index (χ4v) is 5.55. The Balaban J connectivity index is 1.48. The number of nitrogens with one attached hydrogen (secondary N) is 1. The zero-order valence-corrected chi connectivity index (χ0v) is 21.9. The van der Waals surface area contributed by atoms with E-state index in [4.69, 9.17) is 4.74 Å². The van der Waals surface area contributed by atoms with E-state index >= 15 is 0 Å². The number of hydrogen-bond acceptors (Lipinski definition) is 5. The molecular formula is C29H38N4O4. The standard InChI is InChI=1S/C29H38N4O4/c1-3-25(23-11-6-4-7-12-23)27(35)31-18-15-29(16-19-31)28(36)32(21-26(34)30-17-10-20-37-2)22-33(29)24-13-8-5-9-14-24/h4-9,11-14,25H,3,10,15-22H2,1-2H3,(H,30,34). The van der Waals surface area contributed by atoms with Crippen LogP contribution in [0.2, 0.25) is 0 Å². The molecule has 0 bridgehead atoms. The van der Waals surface area contributed by atoms with E-state index in [0.717, 1.165) is 24.1 Å². The number of benzene rings is 2. The van der Waals surface area contributed by atoms with Gasteiger partial charge in [0, 0.05) is 39.0 Å². The fourth-order valence-electron chi connectivity index (χ4n) is 5.55. The van der Waals surface area contributed by atoms with Crippen molar-refractivity contribution < 1.29 is 19.1 Å². The van der Waals surface area contributed by atoms with E-state index in [1.807, 2.05) is 72.5 Å². The molecule has 198 valence electrons. The number of para-hydroxylation sites is 1. The number of hydrogen-bond donors (Lipinski definition) is 1. The summed E-state index contributed by atoms with van der Waals surface area (Å²) in [4.78, 5) is 45.6. The highest BCUT2D eigenvalue weighted by Gasteiger charge is 2.54. The van der Waals surface area contributed by atoms with Crippen LogP contribution in [-0.2, 0) is 19.1 Å². The Kier molecular flexibility index (Phi) is 8.82. The Morgan fingerprint density at radius 1 is 1.03 bits per heavy atom. The van der Waals surface area contributed by atoms with Crippen molar-refractivity contribution in [1.29, 1.82) is 0 Å². The maximum absolute atomic E-state index is 13.8. The molecule has 0 aromatic heterocycles. The van der Waals surface area contributed by atoms with Gasteiger partial charge >= 0.3 is 0 Å². The number of piperidine rings is 1. The molecule has 2 saturated heterocycles. The van der Waals surface area contributed by atoms with Crippen LogP contribution < -0.4 is 10.2 Å². The summed E-state index contributed by atoms with van der Waals surface area (Å²) in [6.07, 6.45) is 2.52. The maximum Gasteiger partial charge on any atom is 0.250 e. The van der Waals surface area contributed by atoms with E-state index in [2.05, 4.69) is 10.2 Å². The Hall–Kier alpha value is -3.39. The second-order valence-electron chi connectivity index (χ2n) is 9.83. The molecule has 0 aliphatic carbocycles. The van der Waals surface area contributed by atoms with Crippen molar-refractivity contribution in [3.63, 3.8) is 0 Å². The van der Waals surface area contributed by atoms with Crippen LogP contribution in [0.3, 0.4) is 0 Å². The number of likely N-dealkylation sites (tertiary alicyclic amines) is 1. The molecule has 8 nitrogen and oxygen atoms in total. The second-order valence-corrected chi connectivity index (χ2v) is 9.83. The van der Waals surface area contributed by atoms with Crippen molar-refractivity contribution in [3.05, 3.63) is 66.2 Å². The van der Waals surface area contributed by atoms with Gasteiger partial charge in [-0.15, -0.1) is 0 Å². The van der Waals surface area contributed by atoms with Gasteiger partial charge in [-0.25, -0.2) is 0 Å². The van der Waals surface area contributed by atoms with Crippen LogP contribution >= 0.6 is 0 Å². The molecule has 1 spiro atoms. The lowest BCUT2D eigenvalue weighted by Crippen LogP contribution is -2.58. The van der Waals surface area contributed by atoms with Gasteiger partial charge in [-0.1, -0.05) is 55.5 Å². The molecule has 2 aliphatic heterocycles. The highest BCUT2D eigenvalue weighted by atomic mass is 16.5. The van der Waals surface area contributed by atoms with Crippen molar-refractivity contribution >= 4 is 23.4 Å². The molecule has 2 fully saturated rings. The Morgan fingerprint density at radius 2 is 1.68 bits per heavy atom. The Morgan fingerprint density at radius 3 is 2.30 bits per heavy atom. The minimum atomic E-state index is -0.761. The number of rotatable bonds is 10. The van der Waals surface area contributed by atoms with Gasteiger partial charge in [-0.2, -0.15) is 0 Å². The third-order valence-electron chi connectivity index (χ3n) is 7.57. The first-order valence-corrected chi connectivity index (χ1v) is 13.2. The summed E-state index contributed by atoms with van der Waals surface area (Å²) in [5.74, 6) is -0.271. The summed E-state index contributed by atoms with van der Waals surface area (Å²) in [7, 11) is 1.63. The van der Waals surface area contributed by atoms with E-state index < -0.39 is 5.54 Å². The number of carbonyl (C=O) groups excluding carboxylic acids is 3. The van der Waals surface area contributed by atoms with Crippen LogP contribution in [0.15, 0.2) is 60.7 Å². The van der Waals surface area contributed by atoms with E-state index in [1.165, 1.54) is 0 Å². The normalized spacial score (nSPS) is 17.8. The zero-order valence-electron chi connectivity index (χ0n) is 21.9. The lowest BCUT2D eigenvalue weighted by molar-refractivity contribution is -0.140. The largest absolute Gasteiger partial charge is 0.385 e. The third-order valence-corrected chi connectivity index (χ3v) is 7.57. The van der Waals surface area contributed by atoms with Crippen LogP contribution in [0.1, 0.15) is 44.1 Å². The molecule has 2 aliphatic rings. The summed E-state index contributed by atoms with van der Waals surface area (Å²) in [5.41, 5.74) is 1.22. The van der Waals surface area contributed by atoms with Gasteiger partial charge < -0.3 is 24.8 Å². The first-order valence-electron chi connectivity index (χ1n) is 13.2. The van der Waals surface area contributed by atoms with Crippen LogP contribution in [0.5, 0.6) is 0 Å². The van der Waals surface area contributed by atoms with Crippen LogP contribution in [0.4, 0.5) is 5.69 Å². The minimum absolute atomic E-state index is 0.0193. The highest BCUT2D eigenvalue weighted by molar-refractivity contribution is 5.96. The lowest BCUT2D eigenvalue weighted by atomic mass is 9.84. The average Bonchev–Trinajstić information content (AvgIpc) is 3.19. The van der Waals surface area contributed by atoms with Gasteiger partial charge in [0.05, 0.1) is 12.6 Å². The van der Waals surface area contributed by atoms with Crippen LogP contribution in [-0.4, -0.2) is 79.6 Å². The second kappa shape index (κ2) is 12.2. The van der Waals surface area contributed by atoms with Crippen LogP contribution in [0.25, 0.3) is 0 Å². The van der Waals surface area contributed by atoms with Crippen LogP contribution in [0, 0.1) is 0 Å². The molecule has 4 rings (SSSR count). The number of nitrogens with zero attached hydrogens (tertiary/aromatic N) is 3. The Labute approximate surface area is 219 Å². The molecule has 2 heterocycles. The predicted molar refractivity (Wildman–Crippen MR) is 143 cm³/mol. The summed E-state index contributed by atoms with van der Waals surface area (Å²) in [5, 5.41) is 2.88. The monoisotopic (exact) mass is 506 g/mol. The number of anilines is 1. The zero-order chi connectivity index (χ0) is 26.3. The maximum atomic E-state index is 13.8. The van der Waals surface area contributed by atoms with E-state index in [9.17, 15) is 14.4 Å². The molecule has 3 amide bonds. The van der Waals surface area contributed by atoms with Gasteiger partial charge in [0.25, 0.3) is 5.91 Å². The first-order chi connectivity index (χ1) is 18.0. The van der Waals surface area contributed by atoms with Crippen molar-refractivity contribution in [2.24, 2.45) is 0 Å². The molecule has 2 aromatic rings. The van der Waals surface area contributed by atoms with Gasteiger partial charge in [-0.05, 0) is 43.4 Å². The fraction of sp³-hybridized carbons (Fsp3) is 0.483. The molecular weight excluding hydrogens is 468 g/mol. The van der Waals surface area contributed by atoms with Gasteiger partial charge in [0.2, 0.25) is 11.8 Å². The summed E-state index contributed by atoms with van der Waals surface area (Å²) < 4.78 is 5.03. The summed E-state index contributed by atoms with van der Waals surface area (Å²) >= 11 is 0. The number of carbonyl (C=O) groups is 3. The van der Waals surface area contributed by atoms with E-state index in [-0.39, 0.29) is 30.2 Å². The molecule has 1 atom stereocenters. The number of methoxy groups -OCH3 is 1. The number of ether oxygens (including phenoxy) is 1. The molecule has 2 aromatic carbocycles. The van der Waals surface area contributed by atoms with Gasteiger partial charge in [-0.3, -0.25) is 14.4 Å². The smallest absolute Gasteiger partial charge is 0.250 e. The highest BCUT2D eigenvalue weighted by Crippen LogP contribution is 2.40. The van der Waals surface area contributed by atoms with Gasteiger partial charge in [0.15, 0.2) is 0 Å². The third kappa shape index (κ3) is 5.80. The molecule has 37 heavy (non-hydrogen) atoms. The molecule has 0 radical (unpaired) electrons. The first kappa shape index (κ1) is 26.7. The quantitative estimate of drug-likeness (QED) is 0.501. The number of amides is 3. The SMILES string of the molecule is CCC(C(=O)N1CCC2(CC1)C(=O)N(CC(=O)NCCCOC)CN2c1ccccc1)c1ccccc1. The van der Waals surface area contributed by atoms with E-state index in [1.54, 1.807) is 12.0 Å². The topological polar surface area (TPSA) is 82.2 Å². The molecule has 0 saturated carbocycles. The summed E-state index contributed by atoms with van der Waals surface area (Å²) in [6.45, 7) is 4.51. The lowest BCUT2D eigenvalue weighted by Gasteiger charge is -2.44. The molecule has 8 heteroatoms. The minimum Gasteiger partial charge on any atom is -0.385 e. The van der Waals surface area contributed by atoms with Gasteiger partial charge in [0.1, 0.15) is 12.1 Å². The summed E-state index contributed by atoms with van der Waals surface area (Å²) in [6, 6.07) is 19.8. The van der Waals surface area contributed by atoms with Crippen molar-refractivity contribution in [2.75, 3.05) is 51.5 Å². The Bertz CT molecular complexity index is 1050. The average molecular weight is 507 g/mol. The van der Waals surface area contributed by atoms with E-state index in [0.29, 0.717) is 45.8 Å². The molecule has 1 N–H and O–H groups in total. The van der Waals surface area contributed by atoms with Crippen molar-refractivity contribution in [1.82, 2.24) is 15.1 Å².